The first kappa shape index (κ1) is 23.0. The van der Waals surface area contributed by atoms with Gasteiger partial charge in [0, 0.05) is 29.3 Å². The number of nitro benzene ring substituents is 1. The van der Waals surface area contributed by atoms with Gasteiger partial charge >= 0.3 is 0 Å². The fourth-order valence-corrected chi connectivity index (χ4v) is 5.66. The van der Waals surface area contributed by atoms with Crippen molar-refractivity contribution in [2.75, 3.05) is 4.90 Å². The van der Waals surface area contributed by atoms with E-state index >= 15 is 0 Å². The van der Waals surface area contributed by atoms with Crippen LogP contribution in [0, 0.1) is 52.0 Å². The molecule has 176 valence electrons. The summed E-state index contributed by atoms with van der Waals surface area (Å²) in [4.78, 5) is 27.0. The van der Waals surface area contributed by atoms with Crippen LogP contribution in [0.2, 0.25) is 0 Å². The van der Waals surface area contributed by atoms with Crippen molar-refractivity contribution in [1.29, 1.82) is 10.5 Å². The lowest BCUT2D eigenvalue weighted by Gasteiger charge is -2.35. The number of rotatable bonds is 4. The molecule has 2 aliphatic rings. The lowest BCUT2D eigenvalue weighted by atomic mass is 9.69. The number of para-hydroxylation sites is 1. The minimum atomic E-state index is -1.60. The van der Waals surface area contributed by atoms with E-state index in [4.69, 9.17) is 0 Å². The Hall–Kier alpha value is -4.75. The zero-order chi connectivity index (χ0) is 25.6. The van der Waals surface area contributed by atoms with E-state index < -0.39 is 28.3 Å². The van der Waals surface area contributed by atoms with Crippen molar-refractivity contribution in [3.8, 4) is 12.1 Å². The lowest BCUT2D eigenvalue weighted by Crippen LogP contribution is -2.44. The van der Waals surface area contributed by atoms with Crippen LogP contribution in [-0.4, -0.2) is 22.8 Å². The Morgan fingerprint density at radius 2 is 1.72 bits per heavy atom. The van der Waals surface area contributed by atoms with Gasteiger partial charge in [-0.1, -0.05) is 66.2 Å². The molecule has 2 aliphatic heterocycles. The minimum absolute atomic E-state index is 0.100. The Morgan fingerprint density at radius 1 is 1.03 bits per heavy atom. The number of hydrogen-bond donors (Lipinski definition) is 0. The first-order chi connectivity index (χ1) is 17.3. The van der Waals surface area contributed by atoms with Crippen LogP contribution in [0.15, 0.2) is 72.8 Å². The summed E-state index contributed by atoms with van der Waals surface area (Å²) in [5.41, 5.74) is 2.85. The molecule has 1 saturated heterocycles. The Bertz CT molecular complexity index is 1500. The lowest BCUT2D eigenvalue weighted by molar-refractivity contribution is -0.384. The van der Waals surface area contributed by atoms with Gasteiger partial charge in [0.1, 0.15) is 6.04 Å². The highest BCUT2D eigenvalue weighted by atomic mass is 16.6. The summed E-state index contributed by atoms with van der Waals surface area (Å²) < 4.78 is 0. The molecule has 0 unspecified atom stereocenters. The van der Waals surface area contributed by atoms with Gasteiger partial charge < -0.3 is 4.90 Å². The molecule has 0 spiro atoms. The van der Waals surface area contributed by atoms with E-state index in [-0.39, 0.29) is 11.5 Å². The minimum Gasteiger partial charge on any atom is -0.351 e. The van der Waals surface area contributed by atoms with Gasteiger partial charge in [0.2, 0.25) is 0 Å². The highest BCUT2D eigenvalue weighted by Gasteiger charge is 2.63. The first-order valence-corrected chi connectivity index (χ1v) is 11.6. The molecular formula is C29H22N4O3. The third kappa shape index (κ3) is 3.29. The fraction of sp³-hybridized carbons (Fsp3) is 0.207. The molecule has 3 atom stereocenters. The zero-order valence-electron chi connectivity index (χ0n) is 19.8. The van der Waals surface area contributed by atoms with Crippen LogP contribution in [0.5, 0.6) is 0 Å². The third-order valence-electron chi connectivity index (χ3n) is 7.29. The van der Waals surface area contributed by atoms with E-state index in [1.54, 1.807) is 18.2 Å². The summed E-state index contributed by atoms with van der Waals surface area (Å²) in [5, 5.41) is 32.2. The van der Waals surface area contributed by atoms with Crippen LogP contribution in [0.4, 0.5) is 11.4 Å². The third-order valence-corrected chi connectivity index (χ3v) is 7.29. The number of nitriles is 2. The number of nitro groups is 1. The van der Waals surface area contributed by atoms with Crippen molar-refractivity contribution in [3.63, 3.8) is 0 Å². The molecule has 0 radical (unpaired) electrons. The predicted octanol–water partition coefficient (Wildman–Crippen LogP) is 5.50. The average molecular weight is 475 g/mol. The topological polar surface area (TPSA) is 111 Å². The predicted molar refractivity (Wildman–Crippen MR) is 135 cm³/mol. The number of carbonyl (C=O) groups excluding carboxylic acids is 1. The number of aryl methyl sites for hydroxylation is 2. The van der Waals surface area contributed by atoms with Crippen molar-refractivity contribution in [3.05, 3.63) is 111 Å². The van der Waals surface area contributed by atoms with E-state index in [1.807, 2.05) is 67.3 Å². The number of nitrogens with zero attached hydrogens (tertiary/aromatic N) is 4. The van der Waals surface area contributed by atoms with E-state index in [9.17, 15) is 25.4 Å². The summed E-state index contributed by atoms with van der Waals surface area (Å²) in [6, 6.07) is 22.0. The summed E-state index contributed by atoms with van der Waals surface area (Å²) >= 11 is 0. The number of Topliss-reactive ketones (excluding diaryl/α,β-unsaturated/α-hetero) is 1. The molecular weight excluding hydrogens is 452 g/mol. The fourth-order valence-electron chi connectivity index (χ4n) is 5.66. The summed E-state index contributed by atoms with van der Waals surface area (Å²) in [6.07, 6.45) is 3.71. The molecule has 3 aromatic carbocycles. The van der Waals surface area contributed by atoms with E-state index in [2.05, 4.69) is 12.1 Å². The summed E-state index contributed by atoms with van der Waals surface area (Å²) in [7, 11) is 0. The average Bonchev–Trinajstić information content (AvgIpc) is 3.19. The van der Waals surface area contributed by atoms with Crippen LogP contribution < -0.4 is 4.90 Å². The number of hydrogen-bond acceptors (Lipinski definition) is 6. The largest absolute Gasteiger partial charge is 0.351 e. The number of fused-ring (bicyclic) bond motifs is 3. The van der Waals surface area contributed by atoms with Crippen molar-refractivity contribution < 1.29 is 9.72 Å². The monoisotopic (exact) mass is 474 g/mol. The van der Waals surface area contributed by atoms with E-state index in [0.29, 0.717) is 11.1 Å². The second-order valence-corrected chi connectivity index (χ2v) is 9.32. The molecule has 36 heavy (non-hydrogen) atoms. The molecule has 3 aromatic rings. The molecule has 0 aliphatic carbocycles. The smallest absolute Gasteiger partial charge is 0.269 e. The van der Waals surface area contributed by atoms with Crippen LogP contribution >= 0.6 is 0 Å². The molecule has 0 bridgehead atoms. The number of benzene rings is 3. The van der Waals surface area contributed by atoms with Crippen LogP contribution in [0.3, 0.4) is 0 Å². The Morgan fingerprint density at radius 3 is 2.36 bits per heavy atom. The highest BCUT2D eigenvalue weighted by molar-refractivity contribution is 6.05. The maximum absolute atomic E-state index is 14.3. The Labute approximate surface area is 208 Å². The van der Waals surface area contributed by atoms with Gasteiger partial charge in [0.15, 0.2) is 11.2 Å². The maximum atomic E-state index is 14.3. The Kier molecular flexibility index (Phi) is 5.42. The van der Waals surface area contributed by atoms with Gasteiger partial charge in [-0.15, -0.1) is 0 Å². The number of ketones is 1. The van der Waals surface area contributed by atoms with Gasteiger partial charge in [-0.05, 0) is 36.6 Å². The van der Waals surface area contributed by atoms with Crippen LogP contribution in [0.1, 0.15) is 38.5 Å². The van der Waals surface area contributed by atoms with Gasteiger partial charge in [0.25, 0.3) is 5.69 Å². The van der Waals surface area contributed by atoms with Gasteiger partial charge in [-0.2, -0.15) is 10.5 Å². The molecule has 2 heterocycles. The quantitative estimate of drug-likeness (QED) is 0.281. The molecule has 1 fully saturated rings. The summed E-state index contributed by atoms with van der Waals surface area (Å²) in [5.74, 6) is -1.04. The first-order valence-electron chi connectivity index (χ1n) is 11.6. The van der Waals surface area contributed by atoms with Gasteiger partial charge in [-0.25, -0.2) is 0 Å². The molecule has 0 amide bonds. The number of anilines is 1. The van der Waals surface area contributed by atoms with E-state index in [1.165, 1.54) is 12.1 Å². The van der Waals surface area contributed by atoms with Crippen molar-refractivity contribution >= 4 is 23.2 Å². The van der Waals surface area contributed by atoms with Crippen molar-refractivity contribution in [1.82, 2.24) is 0 Å². The SMILES string of the molecule is Cc1ccc(C(=O)[C@@H]2[C@@H](c3ccc([N+](=O)[O-])cc3)C(C#N)(C#N)[C@@H]3C=Cc4ccccc4N23)c(C)c1. The van der Waals surface area contributed by atoms with Gasteiger partial charge in [0.05, 0.1) is 23.1 Å². The van der Waals surface area contributed by atoms with Crippen molar-refractivity contribution in [2.24, 2.45) is 5.41 Å². The molecule has 5 rings (SSSR count). The summed E-state index contributed by atoms with van der Waals surface area (Å²) in [6.45, 7) is 3.83. The normalized spacial score (nSPS) is 21.1. The molecule has 0 saturated carbocycles. The number of carbonyl (C=O) groups is 1. The van der Waals surface area contributed by atoms with E-state index in [0.717, 1.165) is 22.4 Å². The second kappa shape index (κ2) is 8.48. The van der Waals surface area contributed by atoms with Gasteiger partial charge in [-0.3, -0.25) is 14.9 Å². The molecule has 7 heteroatoms. The molecule has 0 N–H and O–H groups in total. The van der Waals surface area contributed by atoms with Crippen LogP contribution in [-0.2, 0) is 0 Å². The standard InChI is InChI=1S/C29H22N4O3/c1-18-7-13-23(19(2)15-18)28(34)27-26(21-8-11-22(12-9-21)33(35)36)29(16-30,17-31)25-14-10-20-5-3-4-6-24(20)32(25)27/h3-15,25-27H,1-2H3/t25-,26+,27-/m0/s1. The zero-order valence-corrected chi connectivity index (χ0v) is 19.8. The van der Waals surface area contributed by atoms with Crippen molar-refractivity contribution in [2.45, 2.75) is 31.8 Å². The number of non-ortho nitro benzene ring substituents is 1. The Balaban J connectivity index is 1.78. The maximum Gasteiger partial charge on any atom is 0.269 e. The molecule has 7 nitrogen and oxygen atoms in total. The molecule has 0 aromatic heterocycles. The highest BCUT2D eigenvalue weighted by Crippen LogP contribution is 2.55. The second-order valence-electron chi connectivity index (χ2n) is 9.32. The van der Waals surface area contributed by atoms with Crippen LogP contribution in [0.25, 0.3) is 6.08 Å².